The number of ether oxygens (including phenoxy) is 1. The number of hydrogen-bond donors (Lipinski definition) is 3. The van der Waals surface area contributed by atoms with Gasteiger partial charge in [-0.05, 0) is 36.6 Å². The first-order valence-corrected chi connectivity index (χ1v) is 10.9. The van der Waals surface area contributed by atoms with Gasteiger partial charge in [-0.2, -0.15) is 0 Å². The van der Waals surface area contributed by atoms with Crippen molar-refractivity contribution in [3.63, 3.8) is 0 Å². The molecule has 1 amide bonds. The van der Waals surface area contributed by atoms with Gasteiger partial charge in [0.1, 0.15) is 11.6 Å². The highest BCUT2D eigenvalue weighted by molar-refractivity contribution is 5.74. The normalized spacial score (nSPS) is 23.5. The van der Waals surface area contributed by atoms with E-state index in [0.717, 1.165) is 31.9 Å². The molecular formula is C24H31FN4O2. The van der Waals surface area contributed by atoms with Gasteiger partial charge in [0.05, 0.1) is 18.7 Å². The average Bonchev–Trinajstić information content (AvgIpc) is 3.23. The average molecular weight is 427 g/mol. The van der Waals surface area contributed by atoms with Crippen LogP contribution in [0, 0.1) is 11.7 Å². The molecule has 2 atom stereocenters. The van der Waals surface area contributed by atoms with Gasteiger partial charge >= 0.3 is 0 Å². The van der Waals surface area contributed by atoms with Crippen molar-refractivity contribution in [3.8, 4) is 5.75 Å². The van der Waals surface area contributed by atoms with Crippen LogP contribution in [-0.4, -0.2) is 44.1 Å². The molecule has 0 aromatic heterocycles. The number of likely N-dealkylation sites (tertiary alicyclic amines) is 1. The van der Waals surface area contributed by atoms with Gasteiger partial charge in [0.15, 0.2) is 0 Å². The number of rotatable bonds is 6. The summed E-state index contributed by atoms with van der Waals surface area (Å²) in [5.74, 6) is 0.868. The van der Waals surface area contributed by atoms with E-state index < -0.39 is 5.54 Å². The number of nitrogens with zero attached hydrogens (tertiary/aromatic N) is 1. The van der Waals surface area contributed by atoms with Gasteiger partial charge in [0.2, 0.25) is 5.91 Å². The van der Waals surface area contributed by atoms with Crippen molar-refractivity contribution in [2.75, 3.05) is 33.3 Å². The van der Waals surface area contributed by atoms with Crippen LogP contribution in [0.25, 0.3) is 0 Å². The quantitative estimate of drug-likeness (QED) is 0.663. The summed E-state index contributed by atoms with van der Waals surface area (Å²) in [4.78, 5) is 14.4. The largest absolute Gasteiger partial charge is 0.497 e. The molecule has 6 nitrogen and oxygen atoms in total. The number of hydrogen-bond acceptors (Lipinski definition) is 5. The summed E-state index contributed by atoms with van der Waals surface area (Å²) in [6, 6.07) is 15.2. The molecule has 2 aromatic carbocycles. The van der Waals surface area contributed by atoms with Gasteiger partial charge in [-0.3, -0.25) is 10.2 Å². The van der Waals surface area contributed by atoms with Gasteiger partial charge in [-0.1, -0.05) is 30.3 Å². The number of methoxy groups -OCH3 is 1. The second kappa shape index (κ2) is 9.34. The van der Waals surface area contributed by atoms with Crippen molar-refractivity contribution in [1.82, 2.24) is 21.1 Å². The molecule has 0 saturated carbocycles. The smallest absolute Gasteiger partial charge is 0.217 e. The Morgan fingerprint density at radius 2 is 2.00 bits per heavy atom. The predicted octanol–water partition coefficient (Wildman–Crippen LogP) is 2.73. The van der Waals surface area contributed by atoms with Crippen LogP contribution in [0.4, 0.5) is 4.39 Å². The third-order valence-corrected chi connectivity index (χ3v) is 6.55. The number of piperidine rings is 1. The molecule has 2 aromatic rings. The van der Waals surface area contributed by atoms with Crippen molar-refractivity contribution in [2.24, 2.45) is 5.92 Å². The lowest BCUT2D eigenvalue weighted by atomic mass is 9.80. The summed E-state index contributed by atoms with van der Waals surface area (Å²) in [6.07, 6.45) is 1.37. The Morgan fingerprint density at radius 3 is 2.71 bits per heavy atom. The Balaban J connectivity index is 1.45. The fourth-order valence-corrected chi connectivity index (χ4v) is 4.99. The van der Waals surface area contributed by atoms with E-state index in [9.17, 15) is 9.18 Å². The van der Waals surface area contributed by atoms with Crippen LogP contribution in [-0.2, 0) is 10.3 Å². The molecule has 31 heavy (non-hydrogen) atoms. The Bertz CT molecular complexity index is 914. The van der Waals surface area contributed by atoms with E-state index >= 15 is 0 Å². The molecule has 166 valence electrons. The summed E-state index contributed by atoms with van der Waals surface area (Å²) < 4.78 is 20.0. The Labute approximate surface area is 183 Å². The van der Waals surface area contributed by atoms with Crippen LogP contribution < -0.4 is 20.9 Å². The molecule has 0 bridgehead atoms. The first-order valence-electron chi connectivity index (χ1n) is 10.9. The van der Waals surface area contributed by atoms with Gasteiger partial charge in [-0.15, -0.1) is 0 Å². The summed E-state index contributed by atoms with van der Waals surface area (Å²) >= 11 is 0. The van der Waals surface area contributed by atoms with Crippen molar-refractivity contribution in [1.29, 1.82) is 0 Å². The highest BCUT2D eigenvalue weighted by Gasteiger charge is 2.40. The van der Waals surface area contributed by atoms with E-state index in [1.165, 1.54) is 18.6 Å². The SMILES string of the molecule is COc1cccc(C2NNCC2CN2CCC(NC(C)=O)(c3ccccc3F)CC2)c1. The van der Waals surface area contributed by atoms with E-state index in [4.69, 9.17) is 4.74 Å². The van der Waals surface area contributed by atoms with Crippen molar-refractivity contribution >= 4 is 5.91 Å². The van der Waals surface area contributed by atoms with Gasteiger partial charge < -0.3 is 15.0 Å². The molecule has 7 heteroatoms. The fraction of sp³-hybridized carbons (Fsp3) is 0.458. The number of nitrogens with one attached hydrogen (secondary N) is 3. The molecule has 2 unspecified atom stereocenters. The Morgan fingerprint density at radius 1 is 1.23 bits per heavy atom. The highest BCUT2D eigenvalue weighted by atomic mass is 19.1. The van der Waals surface area contributed by atoms with E-state index in [1.54, 1.807) is 19.2 Å². The third-order valence-electron chi connectivity index (χ3n) is 6.55. The molecule has 0 radical (unpaired) electrons. The van der Waals surface area contributed by atoms with Crippen molar-refractivity contribution in [3.05, 3.63) is 65.5 Å². The highest BCUT2D eigenvalue weighted by Crippen LogP contribution is 2.36. The van der Waals surface area contributed by atoms with Crippen LogP contribution in [0.3, 0.4) is 0 Å². The van der Waals surface area contributed by atoms with E-state index in [1.807, 2.05) is 18.2 Å². The number of carbonyl (C=O) groups is 1. The first-order chi connectivity index (χ1) is 15.0. The minimum absolute atomic E-state index is 0.126. The third kappa shape index (κ3) is 4.74. The molecule has 2 saturated heterocycles. The molecule has 4 rings (SSSR count). The number of halogens is 1. The lowest BCUT2D eigenvalue weighted by Crippen LogP contribution is -2.53. The first kappa shape index (κ1) is 21.7. The van der Waals surface area contributed by atoms with Gasteiger partial charge in [-0.25, -0.2) is 9.82 Å². The van der Waals surface area contributed by atoms with Gasteiger partial charge in [0, 0.05) is 44.6 Å². The zero-order valence-electron chi connectivity index (χ0n) is 18.2. The van der Waals surface area contributed by atoms with Crippen molar-refractivity contribution in [2.45, 2.75) is 31.3 Å². The zero-order chi connectivity index (χ0) is 21.8. The molecule has 0 aliphatic carbocycles. The molecular weight excluding hydrogens is 395 g/mol. The van der Waals surface area contributed by atoms with Crippen molar-refractivity contribution < 1.29 is 13.9 Å². The standard InChI is InChI=1S/C24H31FN4O2/c1-17(30)27-24(21-8-3-4-9-22(21)25)10-12-29(13-11-24)16-19-15-26-28-23(19)18-6-5-7-20(14-18)31-2/h3-9,14,19,23,26,28H,10-13,15-16H2,1-2H3,(H,27,30). The maximum atomic E-state index is 14.6. The lowest BCUT2D eigenvalue weighted by molar-refractivity contribution is -0.121. The molecule has 2 fully saturated rings. The van der Waals surface area contributed by atoms with Crippen LogP contribution in [0.5, 0.6) is 5.75 Å². The minimum atomic E-state index is -0.647. The fourth-order valence-electron chi connectivity index (χ4n) is 4.99. The lowest BCUT2D eigenvalue weighted by Gasteiger charge is -2.43. The molecule has 2 aliphatic rings. The van der Waals surface area contributed by atoms with E-state index in [-0.39, 0.29) is 17.8 Å². The number of carbonyl (C=O) groups excluding carboxylic acids is 1. The summed E-state index contributed by atoms with van der Waals surface area (Å²) in [7, 11) is 1.68. The molecule has 2 aliphatic heterocycles. The molecule has 2 heterocycles. The Hall–Kier alpha value is -2.48. The number of amides is 1. The topological polar surface area (TPSA) is 65.6 Å². The van der Waals surface area contributed by atoms with Crippen LogP contribution in [0.15, 0.2) is 48.5 Å². The number of hydrazine groups is 1. The maximum absolute atomic E-state index is 14.6. The second-order valence-electron chi connectivity index (χ2n) is 8.58. The minimum Gasteiger partial charge on any atom is -0.497 e. The van der Waals surface area contributed by atoms with E-state index in [2.05, 4.69) is 33.2 Å². The Kier molecular flexibility index (Phi) is 6.55. The van der Waals surface area contributed by atoms with Crippen LogP contribution in [0.2, 0.25) is 0 Å². The molecule has 3 N–H and O–H groups in total. The monoisotopic (exact) mass is 426 g/mol. The second-order valence-corrected chi connectivity index (χ2v) is 8.58. The van der Waals surface area contributed by atoms with Gasteiger partial charge in [0.25, 0.3) is 0 Å². The summed E-state index contributed by atoms with van der Waals surface area (Å²) in [5.41, 5.74) is 7.84. The predicted molar refractivity (Wildman–Crippen MR) is 118 cm³/mol. The summed E-state index contributed by atoms with van der Waals surface area (Å²) in [5, 5.41) is 3.07. The van der Waals surface area contributed by atoms with Crippen LogP contribution in [0.1, 0.15) is 36.9 Å². The van der Waals surface area contributed by atoms with E-state index in [0.29, 0.717) is 24.3 Å². The zero-order valence-corrected chi connectivity index (χ0v) is 18.2. The summed E-state index contributed by atoms with van der Waals surface area (Å²) in [6.45, 7) is 4.91. The number of benzene rings is 2. The maximum Gasteiger partial charge on any atom is 0.217 e. The van der Waals surface area contributed by atoms with Crippen LogP contribution >= 0.6 is 0 Å². The molecule has 0 spiro atoms.